The lowest BCUT2D eigenvalue weighted by molar-refractivity contribution is -0.115. The van der Waals surface area contributed by atoms with Crippen LogP contribution in [0.25, 0.3) is 10.1 Å². The molecule has 0 bridgehead atoms. The molecule has 3 rings (SSSR count). The summed E-state index contributed by atoms with van der Waals surface area (Å²) in [6.07, 6.45) is 0. The molecule has 28 heavy (non-hydrogen) atoms. The summed E-state index contributed by atoms with van der Waals surface area (Å²) >= 11 is 4.55. The molecular weight excluding hydrogens is 447 g/mol. The van der Waals surface area contributed by atoms with Crippen molar-refractivity contribution in [2.45, 2.75) is 13.5 Å². The Bertz CT molecular complexity index is 1050. The Morgan fingerprint density at radius 1 is 1.25 bits per heavy atom. The summed E-state index contributed by atoms with van der Waals surface area (Å²) in [6.45, 7) is 1.78. The lowest BCUT2D eigenvalue weighted by atomic mass is 10.1. The van der Waals surface area contributed by atoms with Gasteiger partial charge < -0.3 is 15.4 Å². The SMILES string of the molecule is COCc1c(C(=O)NCC(=O)Nc2ccc(Br)cc2C)sc2cccc(F)c12. The fraction of sp³-hybridized carbons (Fsp3) is 0.200. The molecule has 0 fully saturated rings. The van der Waals surface area contributed by atoms with Crippen molar-refractivity contribution in [2.75, 3.05) is 19.0 Å². The number of amides is 2. The number of hydrogen-bond donors (Lipinski definition) is 2. The average molecular weight is 465 g/mol. The Kier molecular flexibility index (Phi) is 6.43. The molecule has 8 heteroatoms. The minimum atomic E-state index is -0.435. The number of carbonyl (C=O) groups excluding carboxylic acids is 2. The van der Waals surface area contributed by atoms with E-state index in [1.165, 1.54) is 24.5 Å². The van der Waals surface area contributed by atoms with Crippen molar-refractivity contribution in [2.24, 2.45) is 0 Å². The fourth-order valence-corrected chi connectivity index (χ4v) is 4.45. The minimum absolute atomic E-state index is 0.105. The van der Waals surface area contributed by atoms with E-state index in [-0.39, 0.29) is 19.1 Å². The Labute approximate surface area is 174 Å². The quantitative estimate of drug-likeness (QED) is 0.558. The van der Waals surface area contributed by atoms with Crippen LogP contribution >= 0.6 is 27.3 Å². The number of hydrogen-bond acceptors (Lipinski definition) is 4. The number of rotatable bonds is 6. The summed E-state index contributed by atoms with van der Waals surface area (Å²) in [7, 11) is 1.49. The van der Waals surface area contributed by atoms with Crippen LogP contribution in [-0.2, 0) is 16.1 Å². The minimum Gasteiger partial charge on any atom is -0.380 e. The van der Waals surface area contributed by atoms with E-state index >= 15 is 0 Å². The highest BCUT2D eigenvalue weighted by atomic mass is 79.9. The highest BCUT2D eigenvalue weighted by Crippen LogP contribution is 2.33. The maximum absolute atomic E-state index is 14.2. The van der Waals surface area contributed by atoms with Gasteiger partial charge in [0, 0.05) is 32.9 Å². The molecule has 0 aliphatic heterocycles. The van der Waals surface area contributed by atoms with E-state index in [0.717, 1.165) is 10.0 Å². The number of anilines is 1. The predicted octanol–water partition coefficient (Wildman–Crippen LogP) is 4.63. The van der Waals surface area contributed by atoms with Crippen molar-refractivity contribution in [3.63, 3.8) is 0 Å². The molecule has 1 aromatic heterocycles. The highest BCUT2D eigenvalue weighted by Gasteiger charge is 2.21. The number of halogens is 2. The Hall–Kier alpha value is -2.29. The second kappa shape index (κ2) is 8.81. The smallest absolute Gasteiger partial charge is 0.262 e. The molecule has 2 N–H and O–H groups in total. The van der Waals surface area contributed by atoms with Crippen molar-refractivity contribution >= 4 is 54.9 Å². The van der Waals surface area contributed by atoms with Gasteiger partial charge in [0.2, 0.25) is 5.91 Å². The molecule has 0 radical (unpaired) electrons. The van der Waals surface area contributed by atoms with Crippen LogP contribution < -0.4 is 10.6 Å². The fourth-order valence-electron chi connectivity index (χ4n) is 2.84. The van der Waals surface area contributed by atoms with Gasteiger partial charge in [-0.3, -0.25) is 9.59 Å². The monoisotopic (exact) mass is 464 g/mol. The molecule has 0 aliphatic rings. The summed E-state index contributed by atoms with van der Waals surface area (Å²) in [4.78, 5) is 25.2. The molecule has 2 aromatic carbocycles. The third-order valence-corrected chi connectivity index (χ3v) is 5.82. The van der Waals surface area contributed by atoms with Crippen LogP contribution in [0.3, 0.4) is 0 Å². The predicted molar refractivity (Wildman–Crippen MR) is 112 cm³/mol. The molecule has 0 atom stereocenters. The summed E-state index contributed by atoms with van der Waals surface area (Å²) in [5.74, 6) is -1.18. The van der Waals surface area contributed by atoms with Gasteiger partial charge in [-0.05, 0) is 42.8 Å². The van der Waals surface area contributed by atoms with E-state index in [0.29, 0.717) is 26.2 Å². The number of carbonyl (C=O) groups is 2. The molecule has 0 saturated heterocycles. The topological polar surface area (TPSA) is 67.4 Å². The van der Waals surface area contributed by atoms with Crippen molar-refractivity contribution in [1.82, 2.24) is 5.32 Å². The van der Waals surface area contributed by atoms with Gasteiger partial charge in [-0.2, -0.15) is 0 Å². The van der Waals surface area contributed by atoms with Gasteiger partial charge in [0.1, 0.15) is 5.82 Å². The molecule has 0 aliphatic carbocycles. The zero-order valence-electron chi connectivity index (χ0n) is 15.3. The number of thiophene rings is 1. The van der Waals surface area contributed by atoms with Crippen molar-refractivity contribution in [3.05, 3.63) is 62.7 Å². The largest absolute Gasteiger partial charge is 0.380 e. The first-order chi connectivity index (χ1) is 13.4. The van der Waals surface area contributed by atoms with Crippen LogP contribution in [0.4, 0.5) is 10.1 Å². The first-order valence-electron chi connectivity index (χ1n) is 8.43. The maximum atomic E-state index is 14.2. The van der Waals surface area contributed by atoms with E-state index in [2.05, 4.69) is 26.6 Å². The van der Waals surface area contributed by atoms with E-state index in [1.54, 1.807) is 18.2 Å². The van der Waals surface area contributed by atoms with Gasteiger partial charge in [0.25, 0.3) is 5.91 Å². The molecule has 3 aromatic rings. The van der Waals surface area contributed by atoms with Crippen LogP contribution in [0.2, 0.25) is 0 Å². The van der Waals surface area contributed by atoms with E-state index in [1.807, 2.05) is 19.1 Å². The standard InChI is InChI=1S/C20H18BrFN2O3S/c1-11-8-12(21)6-7-15(11)24-17(25)9-23-20(26)19-13(10-27-2)18-14(22)4-3-5-16(18)28-19/h3-8H,9-10H2,1-2H3,(H,23,26)(H,24,25). The van der Waals surface area contributed by atoms with E-state index < -0.39 is 11.7 Å². The summed E-state index contributed by atoms with van der Waals surface area (Å²) < 4.78 is 20.9. The number of methoxy groups -OCH3 is 1. The lowest BCUT2D eigenvalue weighted by Crippen LogP contribution is -2.33. The summed E-state index contributed by atoms with van der Waals surface area (Å²) in [5.41, 5.74) is 2.06. The average Bonchev–Trinajstić information content (AvgIpc) is 3.02. The highest BCUT2D eigenvalue weighted by molar-refractivity contribution is 9.10. The third-order valence-electron chi connectivity index (χ3n) is 4.13. The van der Waals surface area contributed by atoms with E-state index in [9.17, 15) is 14.0 Å². The second-order valence-electron chi connectivity index (χ2n) is 6.15. The van der Waals surface area contributed by atoms with E-state index in [4.69, 9.17) is 4.74 Å². The van der Waals surface area contributed by atoms with Crippen molar-refractivity contribution in [1.29, 1.82) is 0 Å². The summed E-state index contributed by atoms with van der Waals surface area (Å²) in [5, 5.41) is 5.75. The first-order valence-corrected chi connectivity index (χ1v) is 10.0. The number of ether oxygens (including phenoxy) is 1. The van der Waals surface area contributed by atoms with Crippen LogP contribution in [0.15, 0.2) is 40.9 Å². The van der Waals surface area contributed by atoms with Gasteiger partial charge in [-0.1, -0.05) is 22.0 Å². The zero-order chi connectivity index (χ0) is 20.3. The van der Waals surface area contributed by atoms with Crippen LogP contribution in [-0.4, -0.2) is 25.5 Å². The molecular formula is C20H18BrFN2O3S. The third kappa shape index (κ3) is 4.40. The van der Waals surface area contributed by atoms with Crippen molar-refractivity contribution in [3.8, 4) is 0 Å². The first kappa shape index (κ1) is 20.4. The van der Waals surface area contributed by atoms with Crippen LogP contribution in [0, 0.1) is 12.7 Å². The molecule has 1 heterocycles. The Balaban J connectivity index is 1.73. The molecule has 2 amide bonds. The van der Waals surface area contributed by atoms with Gasteiger partial charge in [0.15, 0.2) is 0 Å². The van der Waals surface area contributed by atoms with Crippen LogP contribution in [0.5, 0.6) is 0 Å². The molecule has 5 nitrogen and oxygen atoms in total. The molecule has 0 unspecified atom stereocenters. The second-order valence-corrected chi connectivity index (χ2v) is 8.11. The molecule has 0 saturated carbocycles. The molecule has 0 spiro atoms. The number of aryl methyl sites for hydroxylation is 1. The number of benzene rings is 2. The number of fused-ring (bicyclic) bond motifs is 1. The van der Waals surface area contributed by atoms with Gasteiger partial charge >= 0.3 is 0 Å². The Morgan fingerprint density at radius 2 is 2.04 bits per heavy atom. The Morgan fingerprint density at radius 3 is 2.75 bits per heavy atom. The normalized spacial score (nSPS) is 10.9. The van der Waals surface area contributed by atoms with Crippen molar-refractivity contribution < 1.29 is 18.7 Å². The number of nitrogens with one attached hydrogen (secondary N) is 2. The van der Waals surface area contributed by atoms with Crippen LogP contribution in [0.1, 0.15) is 20.8 Å². The zero-order valence-corrected chi connectivity index (χ0v) is 17.7. The van der Waals surface area contributed by atoms with Gasteiger partial charge in [-0.25, -0.2) is 4.39 Å². The lowest BCUT2D eigenvalue weighted by Gasteiger charge is -2.10. The summed E-state index contributed by atoms with van der Waals surface area (Å²) in [6, 6.07) is 10.2. The van der Waals surface area contributed by atoms with Gasteiger partial charge in [-0.15, -0.1) is 11.3 Å². The molecule has 146 valence electrons. The maximum Gasteiger partial charge on any atom is 0.262 e. The van der Waals surface area contributed by atoms with Gasteiger partial charge in [0.05, 0.1) is 18.0 Å².